The molecule has 0 aliphatic heterocycles. The van der Waals surface area contributed by atoms with Crippen LogP contribution in [0.25, 0.3) is 0 Å². The molecule has 0 fully saturated rings. The average molecular weight is 221 g/mol. The van der Waals surface area contributed by atoms with E-state index >= 15 is 0 Å². The standard InChI is InChI=1S/C13H23N3/c1-4-13(5-2,9-14)10-16-12-11(3)7-6-8-15-12/h6-8H,4-5,9-10,14H2,1-3H3,(H,15,16). The van der Waals surface area contributed by atoms with Gasteiger partial charge in [-0.3, -0.25) is 0 Å². The lowest BCUT2D eigenvalue weighted by Crippen LogP contribution is -2.36. The van der Waals surface area contributed by atoms with Crippen molar-refractivity contribution in [3.8, 4) is 0 Å². The van der Waals surface area contributed by atoms with Gasteiger partial charge in [0.2, 0.25) is 0 Å². The Kier molecular flexibility index (Phi) is 4.74. The van der Waals surface area contributed by atoms with Crippen LogP contribution < -0.4 is 11.1 Å². The van der Waals surface area contributed by atoms with E-state index in [1.54, 1.807) is 0 Å². The van der Waals surface area contributed by atoms with Gasteiger partial charge in [0.05, 0.1) is 0 Å². The summed E-state index contributed by atoms with van der Waals surface area (Å²) < 4.78 is 0. The lowest BCUT2D eigenvalue weighted by atomic mass is 9.82. The Balaban J connectivity index is 2.66. The van der Waals surface area contributed by atoms with Crippen LogP contribution >= 0.6 is 0 Å². The number of nitrogens with two attached hydrogens (primary N) is 1. The molecule has 1 rings (SSSR count). The van der Waals surface area contributed by atoms with Crippen LogP contribution in [-0.4, -0.2) is 18.1 Å². The predicted octanol–water partition coefficient (Wildman–Crippen LogP) is 2.57. The Morgan fingerprint density at radius 2 is 2.06 bits per heavy atom. The summed E-state index contributed by atoms with van der Waals surface area (Å²) in [5.41, 5.74) is 7.25. The van der Waals surface area contributed by atoms with Crippen LogP contribution in [0.2, 0.25) is 0 Å². The highest BCUT2D eigenvalue weighted by atomic mass is 15.0. The molecule has 1 aromatic rings. The summed E-state index contributed by atoms with van der Waals surface area (Å²) >= 11 is 0. The van der Waals surface area contributed by atoms with Crippen LogP contribution in [0.5, 0.6) is 0 Å². The summed E-state index contributed by atoms with van der Waals surface area (Å²) in [6.45, 7) is 8.08. The molecular weight excluding hydrogens is 198 g/mol. The first-order chi connectivity index (χ1) is 7.67. The molecule has 16 heavy (non-hydrogen) atoms. The van der Waals surface area contributed by atoms with Crippen molar-refractivity contribution in [2.45, 2.75) is 33.6 Å². The molecule has 0 atom stereocenters. The van der Waals surface area contributed by atoms with Crippen molar-refractivity contribution in [3.05, 3.63) is 23.9 Å². The fraction of sp³-hybridized carbons (Fsp3) is 0.615. The zero-order chi connectivity index (χ0) is 12.0. The largest absolute Gasteiger partial charge is 0.369 e. The number of nitrogens with one attached hydrogen (secondary N) is 1. The lowest BCUT2D eigenvalue weighted by Gasteiger charge is -2.30. The molecule has 0 unspecified atom stereocenters. The molecule has 1 heterocycles. The third kappa shape index (κ3) is 2.95. The number of rotatable bonds is 6. The fourth-order valence-corrected chi connectivity index (χ4v) is 1.80. The number of pyridine rings is 1. The second-order valence-electron chi connectivity index (χ2n) is 4.43. The van der Waals surface area contributed by atoms with Gasteiger partial charge in [-0.25, -0.2) is 4.98 Å². The van der Waals surface area contributed by atoms with E-state index in [0.717, 1.165) is 31.7 Å². The fourth-order valence-electron chi connectivity index (χ4n) is 1.80. The molecule has 0 amide bonds. The normalized spacial score (nSPS) is 11.5. The number of hydrogen-bond acceptors (Lipinski definition) is 3. The number of aryl methyl sites for hydroxylation is 1. The van der Waals surface area contributed by atoms with Crippen molar-refractivity contribution in [2.75, 3.05) is 18.4 Å². The quantitative estimate of drug-likeness (QED) is 0.776. The molecule has 3 nitrogen and oxygen atoms in total. The maximum Gasteiger partial charge on any atom is 0.128 e. The van der Waals surface area contributed by atoms with E-state index in [1.807, 2.05) is 12.3 Å². The lowest BCUT2D eigenvalue weighted by molar-refractivity contribution is 0.294. The minimum atomic E-state index is 0.198. The van der Waals surface area contributed by atoms with Crippen molar-refractivity contribution < 1.29 is 0 Å². The maximum atomic E-state index is 5.87. The third-order valence-electron chi connectivity index (χ3n) is 3.57. The Bertz CT molecular complexity index is 310. The van der Waals surface area contributed by atoms with Crippen molar-refractivity contribution in [1.29, 1.82) is 0 Å². The van der Waals surface area contributed by atoms with E-state index in [-0.39, 0.29) is 5.41 Å². The topological polar surface area (TPSA) is 50.9 Å². The van der Waals surface area contributed by atoms with Crippen molar-refractivity contribution >= 4 is 5.82 Å². The molecule has 0 aromatic carbocycles. The average Bonchev–Trinajstić information content (AvgIpc) is 2.34. The summed E-state index contributed by atoms with van der Waals surface area (Å²) in [7, 11) is 0. The van der Waals surface area contributed by atoms with Gasteiger partial charge in [-0.1, -0.05) is 19.9 Å². The summed E-state index contributed by atoms with van der Waals surface area (Å²) in [5, 5.41) is 3.42. The second-order valence-corrected chi connectivity index (χ2v) is 4.43. The molecule has 0 saturated carbocycles. The molecule has 0 aliphatic carbocycles. The summed E-state index contributed by atoms with van der Waals surface area (Å²) in [4.78, 5) is 4.33. The summed E-state index contributed by atoms with van der Waals surface area (Å²) in [5.74, 6) is 0.974. The molecule has 0 saturated heterocycles. The van der Waals surface area contributed by atoms with Crippen LogP contribution in [-0.2, 0) is 0 Å². The van der Waals surface area contributed by atoms with E-state index in [1.165, 1.54) is 5.56 Å². The Morgan fingerprint density at radius 1 is 1.38 bits per heavy atom. The zero-order valence-corrected chi connectivity index (χ0v) is 10.6. The van der Waals surface area contributed by atoms with E-state index in [9.17, 15) is 0 Å². The molecule has 3 N–H and O–H groups in total. The molecule has 0 bridgehead atoms. The third-order valence-corrected chi connectivity index (χ3v) is 3.57. The van der Waals surface area contributed by atoms with Crippen LogP contribution in [0.15, 0.2) is 18.3 Å². The molecule has 0 aliphatic rings. The first-order valence-corrected chi connectivity index (χ1v) is 6.03. The number of aromatic nitrogens is 1. The van der Waals surface area contributed by atoms with E-state index in [2.05, 4.69) is 37.1 Å². The predicted molar refractivity (Wildman–Crippen MR) is 69.5 cm³/mol. The smallest absolute Gasteiger partial charge is 0.128 e. The Morgan fingerprint density at radius 3 is 2.56 bits per heavy atom. The number of anilines is 1. The molecule has 90 valence electrons. The van der Waals surface area contributed by atoms with Gasteiger partial charge in [-0.2, -0.15) is 0 Å². The van der Waals surface area contributed by atoms with Gasteiger partial charge < -0.3 is 11.1 Å². The minimum absolute atomic E-state index is 0.198. The molecule has 0 radical (unpaired) electrons. The molecule has 1 aromatic heterocycles. The Hall–Kier alpha value is -1.09. The summed E-state index contributed by atoms with van der Waals surface area (Å²) in [6.07, 6.45) is 4.01. The zero-order valence-electron chi connectivity index (χ0n) is 10.6. The SMILES string of the molecule is CCC(CC)(CN)CNc1ncccc1C. The van der Waals surface area contributed by atoms with Gasteiger partial charge in [-0.15, -0.1) is 0 Å². The minimum Gasteiger partial charge on any atom is -0.369 e. The van der Waals surface area contributed by atoms with Crippen molar-refractivity contribution in [3.63, 3.8) is 0 Å². The van der Waals surface area contributed by atoms with Gasteiger partial charge >= 0.3 is 0 Å². The molecule has 3 heteroatoms. The van der Waals surface area contributed by atoms with Crippen molar-refractivity contribution in [2.24, 2.45) is 11.1 Å². The Labute approximate surface area is 98.5 Å². The van der Waals surface area contributed by atoms with Crippen molar-refractivity contribution in [1.82, 2.24) is 4.98 Å². The van der Waals surface area contributed by atoms with E-state index in [0.29, 0.717) is 0 Å². The summed E-state index contributed by atoms with van der Waals surface area (Å²) in [6, 6.07) is 4.02. The van der Waals surface area contributed by atoms with Crippen LogP contribution in [0.4, 0.5) is 5.82 Å². The highest BCUT2D eigenvalue weighted by Gasteiger charge is 2.24. The van der Waals surface area contributed by atoms with E-state index in [4.69, 9.17) is 5.73 Å². The second kappa shape index (κ2) is 5.85. The maximum absolute atomic E-state index is 5.87. The highest BCUT2D eigenvalue weighted by molar-refractivity contribution is 5.42. The highest BCUT2D eigenvalue weighted by Crippen LogP contribution is 2.25. The van der Waals surface area contributed by atoms with Crippen LogP contribution in [0.1, 0.15) is 32.3 Å². The van der Waals surface area contributed by atoms with Gasteiger partial charge in [0.15, 0.2) is 0 Å². The number of hydrogen-bond donors (Lipinski definition) is 2. The van der Waals surface area contributed by atoms with Gasteiger partial charge in [0.25, 0.3) is 0 Å². The van der Waals surface area contributed by atoms with Crippen LogP contribution in [0.3, 0.4) is 0 Å². The molecule has 0 spiro atoms. The first-order valence-electron chi connectivity index (χ1n) is 6.03. The van der Waals surface area contributed by atoms with Gasteiger partial charge in [-0.05, 0) is 43.4 Å². The monoisotopic (exact) mass is 221 g/mol. The van der Waals surface area contributed by atoms with Gasteiger partial charge in [0, 0.05) is 12.7 Å². The first kappa shape index (κ1) is 13.0. The van der Waals surface area contributed by atoms with Crippen LogP contribution in [0, 0.1) is 12.3 Å². The van der Waals surface area contributed by atoms with Gasteiger partial charge in [0.1, 0.15) is 5.82 Å². The number of nitrogens with zero attached hydrogens (tertiary/aromatic N) is 1. The molecular formula is C13H23N3. The van der Waals surface area contributed by atoms with E-state index < -0.39 is 0 Å².